The van der Waals surface area contributed by atoms with E-state index >= 15 is 0 Å². The van der Waals surface area contributed by atoms with Crippen molar-refractivity contribution >= 4 is 17.7 Å². The minimum absolute atomic E-state index is 0.120. The maximum Gasteiger partial charge on any atom is 0.471 e. The number of likely N-dealkylation sites (tertiary alicyclic amines) is 1. The molecule has 1 N–H and O–H groups in total. The Morgan fingerprint density at radius 2 is 1.79 bits per heavy atom. The van der Waals surface area contributed by atoms with Gasteiger partial charge in [0.2, 0.25) is 11.8 Å². The highest BCUT2D eigenvalue weighted by Gasteiger charge is 2.48. The summed E-state index contributed by atoms with van der Waals surface area (Å²) < 4.78 is 38.4. The summed E-state index contributed by atoms with van der Waals surface area (Å²) in [6, 6.07) is 6.23. The molecule has 1 aromatic rings. The zero-order valence-corrected chi connectivity index (χ0v) is 15.8. The van der Waals surface area contributed by atoms with Gasteiger partial charge in [-0.1, -0.05) is 30.3 Å². The van der Waals surface area contributed by atoms with Crippen LogP contribution < -0.4 is 5.32 Å². The highest BCUT2D eigenvalue weighted by atomic mass is 19.4. The molecule has 0 spiro atoms. The number of amides is 3. The molecular formula is C19H24F3N3O3. The quantitative estimate of drug-likeness (QED) is 0.798. The molecule has 1 fully saturated rings. The molecule has 0 radical (unpaired) electrons. The largest absolute Gasteiger partial charge is 0.471 e. The average Bonchev–Trinajstić information content (AvgIpc) is 3.15. The summed E-state index contributed by atoms with van der Waals surface area (Å²) in [5.74, 6) is -3.14. The lowest BCUT2D eigenvalue weighted by molar-refractivity contribution is -0.186. The molecule has 0 bridgehead atoms. The lowest BCUT2D eigenvalue weighted by Gasteiger charge is -2.29. The molecular weight excluding hydrogens is 375 g/mol. The summed E-state index contributed by atoms with van der Waals surface area (Å²) in [4.78, 5) is 39.3. The first-order chi connectivity index (χ1) is 13.2. The standard InChI is InChI=1S/C19H24F3N3O3/c1-3-24(4-2)17(27)15(13-9-6-5-7-10-13)23-16(26)14-11-8-12-25(14)18(28)19(20,21)22/h5-7,9-10,14-15H,3-4,8,11-12H2,1-2H3,(H,23,26)/t14?,15-/m0/s1. The first-order valence-corrected chi connectivity index (χ1v) is 9.22. The number of halogens is 3. The minimum atomic E-state index is -5.04. The number of carbonyl (C=O) groups excluding carboxylic acids is 3. The molecule has 3 amide bonds. The Hall–Kier alpha value is -2.58. The Kier molecular flexibility index (Phi) is 7.04. The van der Waals surface area contributed by atoms with Crippen molar-refractivity contribution in [2.24, 2.45) is 0 Å². The van der Waals surface area contributed by atoms with E-state index in [0.29, 0.717) is 30.0 Å². The first-order valence-electron chi connectivity index (χ1n) is 9.22. The van der Waals surface area contributed by atoms with Crippen LogP contribution in [0.2, 0.25) is 0 Å². The van der Waals surface area contributed by atoms with Crippen molar-refractivity contribution in [1.82, 2.24) is 15.1 Å². The van der Waals surface area contributed by atoms with Gasteiger partial charge in [-0.25, -0.2) is 0 Å². The molecule has 1 aliphatic rings. The van der Waals surface area contributed by atoms with E-state index in [1.165, 1.54) is 4.90 Å². The van der Waals surface area contributed by atoms with Crippen LogP contribution in [0.15, 0.2) is 30.3 Å². The van der Waals surface area contributed by atoms with Crippen molar-refractivity contribution in [2.45, 2.75) is 44.9 Å². The van der Waals surface area contributed by atoms with E-state index in [0.717, 1.165) is 0 Å². The van der Waals surface area contributed by atoms with Crippen LogP contribution in [0.25, 0.3) is 0 Å². The van der Waals surface area contributed by atoms with Crippen LogP contribution in [-0.2, 0) is 14.4 Å². The van der Waals surface area contributed by atoms with Gasteiger partial charge in [0, 0.05) is 19.6 Å². The molecule has 6 nitrogen and oxygen atoms in total. The third-order valence-electron chi connectivity index (χ3n) is 4.80. The van der Waals surface area contributed by atoms with Crippen molar-refractivity contribution < 1.29 is 27.6 Å². The molecule has 1 heterocycles. The van der Waals surface area contributed by atoms with Gasteiger partial charge in [-0.3, -0.25) is 14.4 Å². The van der Waals surface area contributed by atoms with Crippen LogP contribution in [0.5, 0.6) is 0 Å². The van der Waals surface area contributed by atoms with Gasteiger partial charge < -0.3 is 15.1 Å². The second-order valence-corrected chi connectivity index (χ2v) is 6.52. The number of carbonyl (C=O) groups is 3. The highest BCUT2D eigenvalue weighted by molar-refractivity contribution is 5.94. The number of rotatable bonds is 6. The number of hydrogen-bond acceptors (Lipinski definition) is 3. The molecule has 9 heteroatoms. The summed E-state index contributed by atoms with van der Waals surface area (Å²) in [5, 5.41) is 2.57. The molecule has 1 unspecified atom stereocenters. The summed E-state index contributed by atoms with van der Waals surface area (Å²) in [6.07, 6.45) is -4.63. The molecule has 1 aliphatic heterocycles. The number of benzene rings is 1. The van der Waals surface area contributed by atoms with E-state index in [4.69, 9.17) is 0 Å². The van der Waals surface area contributed by atoms with Gasteiger partial charge in [0.15, 0.2) is 0 Å². The zero-order valence-electron chi connectivity index (χ0n) is 15.8. The van der Waals surface area contributed by atoms with Crippen LogP contribution in [-0.4, -0.2) is 59.4 Å². The smallest absolute Gasteiger partial charge is 0.341 e. The highest BCUT2D eigenvalue weighted by Crippen LogP contribution is 2.26. The van der Waals surface area contributed by atoms with Crippen molar-refractivity contribution in [2.75, 3.05) is 19.6 Å². The predicted molar refractivity (Wildman–Crippen MR) is 96.0 cm³/mol. The van der Waals surface area contributed by atoms with Gasteiger partial charge in [-0.2, -0.15) is 13.2 Å². The molecule has 0 aliphatic carbocycles. The second kappa shape index (κ2) is 9.07. The SMILES string of the molecule is CCN(CC)C(=O)[C@@H](NC(=O)C1CCCN1C(=O)C(F)(F)F)c1ccccc1. The maximum absolute atomic E-state index is 12.9. The molecule has 28 heavy (non-hydrogen) atoms. The fourth-order valence-electron chi connectivity index (χ4n) is 3.33. The third-order valence-corrected chi connectivity index (χ3v) is 4.80. The summed E-state index contributed by atoms with van der Waals surface area (Å²) in [7, 11) is 0. The predicted octanol–water partition coefficient (Wildman–Crippen LogP) is 2.27. The molecule has 0 saturated carbocycles. The Bertz CT molecular complexity index is 705. The first kappa shape index (κ1) is 21.7. The van der Waals surface area contributed by atoms with Gasteiger partial charge in [0.25, 0.3) is 0 Å². The fraction of sp³-hybridized carbons (Fsp3) is 0.526. The Labute approximate surface area is 161 Å². The number of nitrogens with one attached hydrogen (secondary N) is 1. The molecule has 1 aromatic carbocycles. The van der Waals surface area contributed by atoms with Crippen molar-refractivity contribution in [3.05, 3.63) is 35.9 Å². The Balaban J connectivity index is 2.25. The van der Waals surface area contributed by atoms with E-state index in [1.807, 2.05) is 0 Å². The Morgan fingerprint density at radius 1 is 1.18 bits per heavy atom. The van der Waals surface area contributed by atoms with E-state index in [1.54, 1.807) is 44.2 Å². The van der Waals surface area contributed by atoms with Crippen molar-refractivity contribution in [3.63, 3.8) is 0 Å². The van der Waals surface area contributed by atoms with Crippen LogP contribution in [0.1, 0.15) is 38.3 Å². The molecule has 2 atom stereocenters. The third kappa shape index (κ3) is 4.82. The van der Waals surface area contributed by atoms with Crippen LogP contribution >= 0.6 is 0 Å². The number of hydrogen-bond donors (Lipinski definition) is 1. The van der Waals surface area contributed by atoms with Crippen molar-refractivity contribution in [1.29, 1.82) is 0 Å². The van der Waals surface area contributed by atoms with Crippen molar-refractivity contribution in [3.8, 4) is 0 Å². The van der Waals surface area contributed by atoms with Gasteiger partial charge in [-0.15, -0.1) is 0 Å². The Morgan fingerprint density at radius 3 is 2.32 bits per heavy atom. The van der Waals surface area contributed by atoms with E-state index in [9.17, 15) is 27.6 Å². The van der Waals surface area contributed by atoms with Gasteiger partial charge in [-0.05, 0) is 32.3 Å². The van der Waals surface area contributed by atoms with E-state index in [2.05, 4.69) is 5.32 Å². The molecule has 1 saturated heterocycles. The van der Waals surface area contributed by atoms with Gasteiger partial charge >= 0.3 is 12.1 Å². The minimum Gasteiger partial charge on any atom is -0.341 e. The molecule has 0 aromatic heterocycles. The van der Waals surface area contributed by atoms with Crippen LogP contribution in [0, 0.1) is 0 Å². The monoisotopic (exact) mass is 399 g/mol. The number of likely N-dealkylation sites (N-methyl/N-ethyl adjacent to an activating group) is 1. The maximum atomic E-state index is 12.9. The zero-order chi connectivity index (χ0) is 20.9. The van der Waals surface area contributed by atoms with Crippen LogP contribution in [0.3, 0.4) is 0 Å². The van der Waals surface area contributed by atoms with Gasteiger partial charge in [0.1, 0.15) is 12.1 Å². The molecule has 2 rings (SSSR count). The van der Waals surface area contributed by atoms with Crippen LogP contribution in [0.4, 0.5) is 13.2 Å². The second-order valence-electron chi connectivity index (χ2n) is 6.52. The van der Waals surface area contributed by atoms with Gasteiger partial charge in [0.05, 0.1) is 0 Å². The lowest BCUT2D eigenvalue weighted by Crippen LogP contribution is -2.52. The summed E-state index contributed by atoms with van der Waals surface area (Å²) in [5.41, 5.74) is 0.527. The summed E-state index contributed by atoms with van der Waals surface area (Å²) in [6.45, 7) is 4.31. The van der Waals surface area contributed by atoms with E-state index < -0.39 is 30.1 Å². The fourth-order valence-corrected chi connectivity index (χ4v) is 3.33. The average molecular weight is 399 g/mol. The number of alkyl halides is 3. The molecule has 154 valence electrons. The number of nitrogens with zero attached hydrogens (tertiary/aromatic N) is 2. The normalized spacial score (nSPS) is 17.9. The topological polar surface area (TPSA) is 69.7 Å². The van der Waals surface area contributed by atoms with E-state index in [-0.39, 0.29) is 18.9 Å². The lowest BCUT2D eigenvalue weighted by atomic mass is 10.0. The summed E-state index contributed by atoms with van der Waals surface area (Å²) >= 11 is 0.